The first-order chi connectivity index (χ1) is 13.5. The zero-order valence-electron chi connectivity index (χ0n) is 14.6. The van der Waals surface area contributed by atoms with Crippen molar-refractivity contribution in [3.8, 4) is 16.5 Å². The monoisotopic (exact) mass is 455 g/mol. The van der Waals surface area contributed by atoms with E-state index in [1.165, 1.54) is 22.1 Å². The number of aryl methyl sites for hydroxylation is 1. The molecule has 1 aromatic carbocycles. The Labute approximate surface area is 172 Å². The number of nitrogens with zero attached hydrogens (tertiary/aromatic N) is 3. The molecule has 0 aliphatic carbocycles. The fraction of sp³-hybridized carbons (Fsp3) is 0.0526. The van der Waals surface area contributed by atoms with Gasteiger partial charge >= 0.3 is 0 Å². The number of amides is 1. The van der Waals surface area contributed by atoms with E-state index in [1.807, 2.05) is 17.5 Å². The van der Waals surface area contributed by atoms with Gasteiger partial charge in [-0.3, -0.25) is 14.6 Å². The average molecular weight is 456 g/mol. The lowest BCUT2D eigenvalue weighted by Gasteiger charge is -2.08. The molecule has 0 spiro atoms. The minimum absolute atomic E-state index is 0.235. The van der Waals surface area contributed by atoms with Crippen molar-refractivity contribution in [1.29, 1.82) is 0 Å². The van der Waals surface area contributed by atoms with Crippen molar-refractivity contribution in [2.45, 2.75) is 6.92 Å². The number of carbonyl (C=O) groups is 1. The molecule has 0 aliphatic heterocycles. The molecule has 2 N–H and O–H groups in total. The van der Waals surface area contributed by atoms with Gasteiger partial charge in [-0.1, -0.05) is 22.0 Å². The Morgan fingerprint density at radius 3 is 2.68 bits per heavy atom. The number of H-pyrrole nitrogens is 1. The van der Waals surface area contributed by atoms with Crippen LogP contribution in [0, 0.1) is 6.92 Å². The molecule has 9 heteroatoms. The molecular weight excluding hydrogens is 442 g/mol. The zero-order valence-corrected chi connectivity index (χ0v) is 17.0. The van der Waals surface area contributed by atoms with E-state index >= 15 is 0 Å². The van der Waals surface area contributed by atoms with Gasteiger partial charge in [0, 0.05) is 27.9 Å². The molecular formula is C19H14BrN5O2S. The predicted octanol–water partition coefficient (Wildman–Crippen LogP) is 4.01. The quantitative estimate of drug-likeness (QED) is 0.486. The van der Waals surface area contributed by atoms with Gasteiger partial charge < -0.3 is 5.32 Å². The fourth-order valence-corrected chi connectivity index (χ4v) is 3.58. The van der Waals surface area contributed by atoms with Crippen LogP contribution in [0.25, 0.3) is 16.5 Å². The summed E-state index contributed by atoms with van der Waals surface area (Å²) in [6, 6.07) is 14.0. The van der Waals surface area contributed by atoms with E-state index in [0.29, 0.717) is 22.8 Å². The average Bonchev–Trinajstić information content (AvgIpc) is 3.31. The summed E-state index contributed by atoms with van der Waals surface area (Å²) in [6.07, 6.45) is 0. The van der Waals surface area contributed by atoms with Gasteiger partial charge in [0.25, 0.3) is 11.5 Å². The van der Waals surface area contributed by atoms with Gasteiger partial charge in [0.2, 0.25) is 5.95 Å². The Morgan fingerprint density at radius 1 is 1.21 bits per heavy atom. The van der Waals surface area contributed by atoms with Crippen LogP contribution in [0.5, 0.6) is 0 Å². The Bertz CT molecular complexity index is 1200. The lowest BCUT2D eigenvalue weighted by Crippen LogP contribution is -2.18. The molecule has 4 rings (SSSR count). The number of halogens is 1. The van der Waals surface area contributed by atoms with E-state index in [4.69, 9.17) is 0 Å². The van der Waals surface area contributed by atoms with E-state index in [2.05, 4.69) is 36.3 Å². The molecule has 0 fully saturated rings. The maximum atomic E-state index is 12.7. The van der Waals surface area contributed by atoms with E-state index in [9.17, 15) is 9.59 Å². The second kappa shape index (κ2) is 7.53. The minimum Gasteiger partial charge on any atom is -0.306 e. The molecule has 0 saturated heterocycles. The Kier molecular flexibility index (Phi) is 4.93. The highest BCUT2D eigenvalue weighted by Gasteiger charge is 2.17. The van der Waals surface area contributed by atoms with Crippen LogP contribution in [0.1, 0.15) is 16.1 Å². The summed E-state index contributed by atoms with van der Waals surface area (Å²) in [5.74, 6) is 0.352. The first-order valence-electron chi connectivity index (χ1n) is 8.29. The number of aromatic amines is 1. The van der Waals surface area contributed by atoms with Crippen molar-refractivity contribution in [3.63, 3.8) is 0 Å². The first kappa shape index (κ1) is 18.3. The van der Waals surface area contributed by atoms with Crippen LogP contribution < -0.4 is 10.9 Å². The number of carbonyl (C=O) groups excluding carboxylic acids is 1. The van der Waals surface area contributed by atoms with E-state index in [1.54, 1.807) is 37.3 Å². The van der Waals surface area contributed by atoms with Crippen LogP contribution in [-0.4, -0.2) is 25.7 Å². The summed E-state index contributed by atoms with van der Waals surface area (Å²) in [4.78, 5) is 32.5. The summed E-state index contributed by atoms with van der Waals surface area (Å²) < 4.78 is 2.32. The summed E-state index contributed by atoms with van der Waals surface area (Å²) in [6.45, 7) is 1.72. The molecule has 28 heavy (non-hydrogen) atoms. The predicted molar refractivity (Wildman–Crippen MR) is 112 cm³/mol. The van der Waals surface area contributed by atoms with Crippen LogP contribution in [0.4, 0.5) is 5.82 Å². The van der Waals surface area contributed by atoms with Crippen molar-refractivity contribution in [1.82, 2.24) is 19.7 Å². The number of rotatable bonds is 4. The third kappa shape index (κ3) is 3.80. The number of nitrogens with one attached hydrogen (secondary N) is 2. The molecule has 1 amide bonds. The van der Waals surface area contributed by atoms with Crippen LogP contribution in [0.3, 0.4) is 0 Å². The molecule has 0 bridgehead atoms. The van der Waals surface area contributed by atoms with Crippen LogP contribution in [-0.2, 0) is 0 Å². The number of hydrogen-bond donors (Lipinski definition) is 2. The van der Waals surface area contributed by atoms with Crippen molar-refractivity contribution in [3.05, 3.63) is 80.0 Å². The van der Waals surface area contributed by atoms with Crippen LogP contribution in [0.15, 0.2) is 63.2 Å². The molecule has 0 aliphatic rings. The van der Waals surface area contributed by atoms with Gasteiger partial charge in [-0.15, -0.1) is 11.3 Å². The first-order valence-corrected chi connectivity index (χ1v) is 9.96. The van der Waals surface area contributed by atoms with Crippen molar-refractivity contribution >= 4 is 39.0 Å². The van der Waals surface area contributed by atoms with Gasteiger partial charge in [0.1, 0.15) is 11.5 Å². The number of aromatic nitrogens is 4. The number of thiophene rings is 1. The second-order valence-electron chi connectivity index (χ2n) is 5.98. The van der Waals surface area contributed by atoms with Crippen molar-refractivity contribution in [2.75, 3.05) is 5.32 Å². The second-order valence-corrected chi connectivity index (χ2v) is 7.84. The summed E-state index contributed by atoms with van der Waals surface area (Å²) in [7, 11) is 0. The van der Waals surface area contributed by atoms with Gasteiger partial charge in [-0.05, 0) is 42.6 Å². The maximum absolute atomic E-state index is 12.7. The highest BCUT2D eigenvalue weighted by molar-refractivity contribution is 9.10. The van der Waals surface area contributed by atoms with E-state index in [0.717, 1.165) is 9.35 Å². The topological polar surface area (TPSA) is 92.7 Å². The van der Waals surface area contributed by atoms with Gasteiger partial charge in [0.15, 0.2) is 0 Å². The minimum atomic E-state index is -0.291. The van der Waals surface area contributed by atoms with E-state index < -0.39 is 0 Å². The van der Waals surface area contributed by atoms with Crippen LogP contribution >= 0.6 is 27.3 Å². The summed E-state index contributed by atoms with van der Waals surface area (Å²) >= 11 is 4.89. The number of hydrogen-bond acceptors (Lipinski definition) is 5. The molecule has 3 aromatic heterocycles. The summed E-state index contributed by atoms with van der Waals surface area (Å²) in [5, 5.41) is 9.34. The molecule has 140 valence electrons. The smallest absolute Gasteiger partial charge is 0.256 e. The molecule has 7 nitrogen and oxygen atoms in total. The standard InChI is InChI=1S/C19H14BrN5O2S/c1-11-9-17(26)23-19(21-11)25-16(10-14(24-25)15-3-2-8-28-15)22-18(27)12-4-6-13(20)7-5-12/h2-10H,1H3,(H,22,27)(H,21,23,26). The molecule has 3 heterocycles. The zero-order chi connectivity index (χ0) is 19.7. The third-order valence-electron chi connectivity index (χ3n) is 3.89. The van der Waals surface area contributed by atoms with Gasteiger partial charge in [-0.25, -0.2) is 4.98 Å². The summed E-state index contributed by atoms with van der Waals surface area (Å²) in [5.41, 5.74) is 1.43. The normalized spacial score (nSPS) is 10.8. The fourth-order valence-electron chi connectivity index (χ4n) is 2.63. The molecule has 0 atom stereocenters. The maximum Gasteiger partial charge on any atom is 0.256 e. The number of benzene rings is 1. The highest BCUT2D eigenvalue weighted by atomic mass is 79.9. The Morgan fingerprint density at radius 2 is 2.00 bits per heavy atom. The SMILES string of the molecule is Cc1cc(=O)[nH]c(-n2nc(-c3cccs3)cc2NC(=O)c2ccc(Br)cc2)n1. The van der Waals surface area contributed by atoms with Gasteiger partial charge in [-0.2, -0.15) is 9.78 Å². The highest BCUT2D eigenvalue weighted by Crippen LogP contribution is 2.27. The van der Waals surface area contributed by atoms with Crippen LogP contribution in [0.2, 0.25) is 0 Å². The largest absolute Gasteiger partial charge is 0.306 e. The van der Waals surface area contributed by atoms with Crippen molar-refractivity contribution < 1.29 is 4.79 Å². The molecule has 0 radical (unpaired) electrons. The van der Waals surface area contributed by atoms with Gasteiger partial charge in [0.05, 0.1) is 4.88 Å². The molecule has 0 unspecified atom stereocenters. The number of anilines is 1. The lowest BCUT2D eigenvalue weighted by atomic mass is 10.2. The lowest BCUT2D eigenvalue weighted by molar-refractivity contribution is 0.102. The van der Waals surface area contributed by atoms with Crippen molar-refractivity contribution in [2.24, 2.45) is 0 Å². The Balaban J connectivity index is 1.77. The van der Waals surface area contributed by atoms with E-state index in [-0.39, 0.29) is 17.4 Å². The molecule has 0 saturated carbocycles. The third-order valence-corrected chi connectivity index (χ3v) is 5.31. The Hall–Kier alpha value is -3.04. The molecule has 4 aromatic rings.